The molecule has 4 rings (SSSR count). The van der Waals surface area contributed by atoms with Gasteiger partial charge in [-0.15, -0.1) is 0 Å². The van der Waals surface area contributed by atoms with Gasteiger partial charge in [-0.2, -0.15) is 13.2 Å². The predicted molar refractivity (Wildman–Crippen MR) is 163 cm³/mol. The van der Waals surface area contributed by atoms with Crippen molar-refractivity contribution in [2.24, 2.45) is 4.99 Å². The van der Waals surface area contributed by atoms with Crippen LogP contribution in [0.4, 0.5) is 23.7 Å². The number of ether oxygens (including phenoxy) is 1. The Morgan fingerprint density at radius 2 is 1.70 bits per heavy atom. The van der Waals surface area contributed by atoms with Gasteiger partial charge in [0.05, 0.1) is 16.3 Å². The minimum absolute atomic E-state index is 0.000171. The van der Waals surface area contributed by atoms with Crippen molar-refractivity contribution in [3.05, 3.63) is 63.2 Å². The van der Waals surface area contributed by atoms with Gasteiger partial charge in [0.15, 0.2) is 0 Å². The number of nitrogens with zero attached hydrogens (tertiary/aromatic N) is 3. The number of nitrogens with one attached hydrogen (secondary N) is 1. The summed E-state index contributed by atoms with van der Waals surface area (Å²) in [5.74, 6) is -0.634. The van der Waals surface area contributed by atoms with Gasteiger partial charge >= 0.3 is 12.3 Å². The number of amidine groups is 1. The van der Waals surface area contributed by atoms with Crippen LogP contribution in [-0.2, 0) is 32.2 Å². The number of aliphatic imine (C=N–C) groups is 1. The first kappa shape index (κ1) is 33.7. The third-order valence-corrected chi connectivity index (χ3v) is 10.0. The molecule has 0 saturated carbocycles. The predicted octanol–water partition coefficient (Wildman–Crippen LogP) is 5.63. The molecule has 44 heavy (non-hydrogen) atoms. The van der Waals surface area contributed by atoms with E-state index in [9.17, 15) is 31.2 Å². The van der Waals surface area contributed by atoms with Gasteiger partial charge in [-0.1, -0.05) is 11.6 Å². The molecule has 0 radical (unpaired) electrons. The second-order valence-corrected chi connectivity index (χ2v) is 14.7. The molecule has 0 unspecified atom stereocenters. The van der Waals surface area contributed by atoms with Crippen LogP contribution in [0.5, 0.6) is 0 Å². The summed E-state index contributed by atoms with van der Waals surface area (Å²) >= 11 is 5.72. The Labute approximate surface area is 260 Å². The summed E-state index contributed by atoms with van der Waals surface area (Å²) in [7, 11) is -2.09. The molecule has 2 aliphatic rings. The quantitative estimate of drug-likeness (QED) is 0.434. The van der Waals surface area contributed by atoms with Gasteiger partial charge in [0, 0.05) is 31.4 Å². The van der Waals surface area contributed by atoms with E-state index in [-0.39, 0.29) is 49.5 Å². The molecule has 2 amide bonds. The summed E-state index contributed by atoms with van der Waals surface area (Å²) < 4.78 is 73.4. The number of anilines is 1. The number of halogens is 4. The van der Waals surface area contributed by atoms with E-state index in [0.29, 0.717) is 5.69 Å². The second-order valence-electron chi connectivity index (χ2n) is 12.2. The van der Waals surface area contributed by atoms with Gasteiger partial charge in [-0.25, -0.2) is 17.5 Å². The van der Waals surface area contributed by atoms with Crippen LogP contribution in [0.15, 0.2) is 35.3 Å². The smallest absolute Gasteiger partial charge is 0.417 e. The first-order chi connectivity index (χ1) is 20.2. The number of alkyl halides is 3. The molecule has 2 aromatic rings. The maximum atomic E-state index is 13.3. The van der Waals surface area contributed by atoms with Crippen LogP contribution < -0.4 is 10.2 Å². The zero-order valence-corrected chi connectivity index (χ0v) is 27.0. The number of carbonyl (C=O) groups excluding carboxylic acids is 2. The van der Waals surface area contributed by atoms with Crippen molar-refractivity contribution in [2.45, 2.75) is 71.2 Å². The lowest BCUT2D eigenvalue weighted by Gasteiger charge is -2.34. The number of rotatable bonds is 6. The molecule has 1 saturated heterocycles. The standard InChI is InChI=1S/C30H36ClF3N4O5S/c1-18-15-21(37(6)27(40)43-28(3,4)5)16-19(2)22(18)9-14-44(41,42)38-12-10-29(11-13-38)26(39)35-25(36-29)20-7-8-24(31)23(17-20)30(32,33)34/h7-8,15-17H,9-14H2,1-6H3,(H,35,36,39). The lowest BCUT2D eigenvalue weighted by molar-refractivity contribution is -0.137. The molecule has 2 aliphatic heterocycles. The highest BCUT2D eigenvalue weighted by Gasteiger charge is 2.47. The maximum absolute atomic E-state index is 13.3. The van der Waals surface area contributed by atoms with E-state index >= 15 is 0 Å². The van der Waals surface area contributed by atoms with Crippen molar-refractivity contribution in [3.8, 4) is 0 Å². The Bertz CT molecular complexity index is 1590. The van der Waals surface area contributed by atoms with Crippen LogP contribution in [0.25, 0.3) is 0 Å². The highest BCUT2D eigenvalue weighted by atomic mass is 35.5. The van der Waals surface area contributed by atoms with E-state index in [4.69, 9.17) is 16.3 Å². The molecule has 9 nitrogen and oxygen atoms in total. The summed E-state index contributed by atoms with van der Waals surface area (Å²) in [6.07, 6.45) is -4.75. The Balaban J connectivity index is 1.43. The summed E-state index contributed by atoms with van der Waals surface area (Å²) in [5, 5.41) is 2.11. The molecule has 1 N–H and O–H groups in total. The molecule has 240 valence electrons. The molecule has 0 aromatic heterocycles. The lowest BCUT2D eigenvalue weighted by atomic mass is 9.89. The number of benzene rings is 2. The SMILES string of the molecule is Cc1cc(N(C)C(=O)OC(C)(C)C)cc(C)c1CCS(=O)(=O)N1CCC2(CC1)N=C(c1ccc(Cl)c(C(F)(F)F)c1)NC2=O. The Kier molecular flexibility index (Phi) is 9.18. The Morgan fingerprint density at radius 1 is 1.11 bits per heavy atom. The first-order valence-electron chi connectivity index (χ1n) is 14.1. The normalized spacial score (nSPS) is 17.4. The highest BCUT2D eigenvalue weighted by molar-refractivity contribution is 7.89. The topological polar surface area (TPSA) is 108 Å². The third kappa shape index (κ3) is 7.21. The number of carbonyl (C=O) groups is 2. The van der Waals surface area contributed by atoms with Crippen LogP contribution in [0.2, 0.25) is 5.02 Å². The van der Waals surface area contributed by atoms with Crippen LogP contribution in [0.1, 0.15) is 61.4 Å². The monoisotopic (exact) mass is 656 g/mol. The second kappa shape index (κ2) is 12.0. The van der Waals surface area contributed by atoms with Crippen molar-refractivity contribution >= 4 is 45.1 Å². The van der Waals surface area contributed by atoms with Gasteiger partial charge < -0.3 is 10.1 Å². The molecule has 1 fully saturated rings. The molecule has 0 bridgehead atoms. The van der Waals surface area contributed by atoms with Gasteiger partial charge in [0.1, 0.15) is 17.0 Å². The van der Waals surface area contributed by atoms with E-state index in [1.807, 2.05) is 26.0 Å². The van der Waals surface area contributed by atoms with Crippen molar-refractivity contribution in [3.63, 3.8) is 0 Å². The molecular weight excluding hydrogens is 621 g/mol. The summed E-state index contributed by atoms with van der Waals surface area (Å²) in [6.45, 7) is 9.15. The average Bonchev–Trinajstić information content (AvgIpc) is 3.21. The fourth-order valence-corrected chi connectivity index (χ4v) is 7.05. The van der Waals surface area contributed by atoms with Gasteiger partial charge in [0.25, 0.3) is 5.91 Å². The van der Waals surface area contributed by atoms with Crippen LogP contribution >= 0.6 is 11.6 Å². The first-order valence-corrected chi connectivity index (χ1v) is 16.0. The number of aryl methyl sites for hydroxylation is 2. The van der Waals surface area contributed by atoms with E-state index in [1.165, 1.54) is 15.3 Å². The number of hydrogen-bond donors (Lipinski definition) is 1. The Morgan fingerprint density at radius 3 is 2.25 bits per heavy atom. The number of sulfonamides is 1. The van der Waals surface area contributed by atoms with Crippen molar-refractivity contribution in [1.82, 2.24) is 9.62 Å². The van der Waals surface area contributed by atoms with E-state index in [1.54, 1.807) is 27.8 Å². The van der Waals surface area contributed by atoms with Crippen LogP contribution in [0.3, 0.4) is 0 Å². The van der Waals surface area contributed by atoms with Gasteiger partial charge in [0.2, 0.25) is 10.0 Å². The molecule has 2 aromatic carbocycles. The molecule has 0 atom stereocenters. The minimum atomic E-state index is -4.68. The third-order valence-electron chi connectivity index (χ3n) is 7.81. The van der Waals surface area contributed by atoms with Crippen molar-refractivity contribution in [2.75, 3.05) is 30.8 Å². The minimum Gasteiger partial charge on any atom is -0.443 e. The van der Waals surface area contributed by atoms with E-state index < -0.39 is 49.9 Å². The van der Waals surface area contributed by atoms with Crippen molar-refractivity contribution in [1.29, 1.82) is 0 Å². The molecule has 2 heterocycles. The molecule has 0 aliphatic carbocycles. The maximum Gasteiger partial charge on any atom is 0.417 e. The van der Waals surface area contributed by atoms with Crippen LogP contribution in [-0.4, -0.2) is 67.6 Å². The fraction of sp³-hybridized carbons (Fsp3) is 0.500. The summed E-state index contributed by atoms with van der Waals surface area (Å²) in [6, 6.07) is 6.92. The number of amides is 2. The zero-order chi connectivity index (χ0) is 32.8. The van der Waals surface area contributed by atoms with Gasteiger partial charge in [-0.05, 0) is 101 Å². The zero-order valence-electron chi connectivity index (χ0n) is 25.4. The number of hydrogen-bond acceptors (Lipinski definition) is 6. The molecular formula is C30H36ClF3N4O5S. The van der Waals surface area contributed by atoms with Crippen LogP contribution in [0, 0.1) is 13.8 Å². The molecule has 1 spiro atoms. The van der Waals surface area contributed by atoms with Crippen molar-refractivity contribution < 1.29 is 35.9 Å². The van der Waals surface area contributed by atoms with E-state index in [0.717, 1.165) is 28.8 Å². The Hall–Kier alpha value is -3.16. The van der Waals surface area contributed by atoms with E-state index in [2.05, 4.69) is 10.3 Å². The van der Waals surface area contributed by atoms with Gasteiger partial charge in [-0.3, -0.25) is 14.7 Å². The average molecular weight is 657 g/mol. The summed E-state index contributed by atoms with van der Waals surface area (Å²) in [4.78, 5) is 31.3. The fourth-order valence-electron chi connectivity index (χ4n) is 5.37. The highest BCUT2D eigenvalue weighted by Crippen LogP contribution is 2.37. The molecule has 14 heteroatoms. The largest absolute Gasteiger partial charge is 0.443 e. The number of piperidine rings is 1. The summed E-state index contributed by atoms with van der Waals surface area (Å²) in [5.41, 5.74) is 0.279. The lowest BCUT2D eigenvalue weighted by Crippen LogP contribution is -2.50.